The SMILES string of the molecule is CS(=O)(=O)c1ccc(COC[C@H]2C[C@@H]2C2CCNCC2)c(F)c1.Cl. The quantitative estimate of drug-likeness (QED) is 0.828. The zero-order valence-corrected chi connectivity index (χ0v) is 15.5. The first-order valence-corrected chi connectivity index (χ1v) is 10.1. The summed E-state index contributed by atoms with van der Waals surface area (Å²) in [6.45, 7) is 3.10. The van der Waals surface area contributed by atoms with Crippen LogP contribution in [0.3, 0.4) is 0 Å². The Hall–Kier alpha value is -0.690. The molecule has 2 aliphatic rings. The molecule has 4 nitrogen and oxygen atoms in total. The Kier molecular flexibility index (Phi) is 6.65. The van der Waals surface area contributed by atoms with Crippen LogP contribution in [-0.4, -0.2) is 34.4 Å². The number of sulfone groups is 1. The third-order valence-corrected chi connectivity index (χ3v) is 6.12. The second kappa shape index (κ2) is 8.13. The average molecular weight is 378 g/mol. The number of hydrogen-bond donors (Lipinski definition) is 1. The van der Waals surface area contributed by atoms with Gasteiger partial charge in [0.1, 0.15) is 5.82 Å². The van der Waals surface area contributed by atoms with Crippen molar-refractivity contribution in [1.82, 2.24) is 5.32 Å². The highest BCUT2D eigenvalue weighted by molar-refractivity contribution is 7.90. The molecule has 1 aromatic rings. The summed E-state index contributed by atoms with van der Waals surface area (Å²) >= 11 is 0. The lowest BCUT2D eigenvalue weighted by Gasteiger charge is -2.22. The lowest BCUT2D eigenvalue weighted by Crippen LogP contribution is -2.29. The summed E-state index contributed by atoms with van der Waals surface area (Å²) in [5.41, 5.74) is 0.413. The van der Waals surface area contributed by atoms with Gasteiger partial charge in [0, 0.05) is 11.8 Å². The van der Waals surface area contributed by atoms with Gasteiger partial charge < -0.3 is 10.1 Å². The number of ether oxygens (including phenoxy) is 1. The van der Waals surface area contributed by atoms with Crippen LogP contribution in [0.2, 0.25) is 0 Å². The molecule has 1 aliphatic heterocycles. The third kappa shape index (κ3) is 4.91. The maximum atomic E-state index is 13.9. The molecule has 2 atom stereocenters. The van der Waals surface area contributed by atoms with Crippen LogP contribution in [0.15, 0.2) is 23.1 Å². The minimum atomic E-state index is -3.37. The summed E-state index contributed by atoms with van der Waals surface area (Å²) in [5.74, 6) is 1.68. The van der Waals surface area contributed by atoms with E-state index in [2.05, 4.69) is 5.32 Å². The van der Waals surface area contributed by atoms with Gasteiger partial charge in [-0.2, -0.15) is 0 Å². The summed E-state index contributed by atoms with van der Waals surface area (Å²) in [7, 11) is -3.37. The molecule has 3 rings (SSSR count). The molecule has 1 N–H and O–H groups in total. The lowest BCUT2D eigenvalue weighted by molar-refractivity contribution is 0.102. The third-order valence-electron chi connectivity index (χ3n) is 5.01. The fourth-order valence-corrected chi connectivity index (χ4v) is 4.14. The van der Waals surface area contributed by atoms with E-state index < -0.39 is 15.7 Å². The first-order chi connectivity index (χ1) is 10.9. The first-order valence-electron chi connectivity index (χ1n) is 8.22. The van der Waals surface area contributed by atoms with Gasteiger partial charge in [-0.1, -0.05) is 6.07 Å². The van der Waals surface area contributed by atoms with Crippen molar-refractivity contribution in [3.63, 3.8) is 0 Å². The summed E-state index contributed by atoms with van der Waals surface area (Å²) in [6, 6.07) is 4.01. The summed E-state index contributed by atoms with van der Waals surface area (Å²) in [5, 5.41) is 3.38. The number of rotatable bonds is 6. The summed E-state index contributed by atoms with van der Waals surface area (Å²) < 4.78 is 42.4. The van der Waals surface area contributed by atoms with Gasteiger partial charge in [-0.15, -0.1) is 12.4 Å². The second-order valence-corrected chi connectivity index (χ2v) is 8.80. The van der Waals surface area contributed by atoms with Gasteiger partial charge in [0.25, 0.3) is 0 Å². The molecule has 0 radical (unpaired) electrons. The van der Waals surface area contributed by atoms with Gasteiger partial charge in [0.05, 0.1) is 18.1 Å². The highest BCUT2D eigenvalue weighted by Crippen LogP contribution is 2.47. The smallest absolute Gasteiger partial charge is 0.175 e. The van der Waals surface area contributed by atoms with E-state index >= 15 is 0 Å². The minimum Gasteiger partial charge on any atom is -0.376 e. The van der Waals surface area contributed by atoms with Crippen LogP contribution >= 0.6 is 12.4 Å². The molecule has 0 aromatic heterocycles. The molecule has 136 valence electrons. The zero-order valence-electron chi connectivity index (χ0n) is 13.8. The zero-order chi connectivity index (χ0) is 16.4. The van der Waals surface area contributed by atoms with Crippen molar-refractivity contribution in [2.45, 2.75) is 30.8 Å². The molecule has 0 unspecified atom stereocenters. The van der Waals surface area contributed by atoms with Crippen molar-refractivity contribution in [3.05, 3.63) is 29.6 Å². The Bertz CT molecular complexity index is 662. The van der Waals surface area contributed by atoms with E-state index in [1.165, 1.54) is 31.4 Å². The Balaban J connectivity index is 0.00000208. The van der Waals surface area contributed by atoms with Gasteiger partial charge in [-0.3, -0.25) is 0 Å². The van der Waals surface area contributed by atoms with Crippen molar-refractivity contribution < 1.29 is 17.5 Å². The van der Waals surface area contributed by atoms with Crippen molar-refractivity contribution in [2.75, 3.05) is 26.0 Å². The van der Waals surface area contributed by atoms with Crippen LogP contribution in [0.1, 0.15) is 24.8 Å². The minimum absolute atomic E-state index is 0. The first kappa shape index (κ1) is 19.6. The van der Waals surface area contributed by atoms with Crippen molar-refractivity contribution in [2.24, 2.45) is 17.8 Å². The number of hydrogen-bond acceptors (Lipinski definition) is 4. The molecule has 1 aromatic carbocycles. The van der Waals surface area contributed by atoms with Gasteiger partial charge in [0.2, 0.25) is 0 Å². The Morgan fingerprint density at radius 2 is 2.00 bits per heavy atom. The maximum Gasteiger partial charge on any atom is 0.175 e. The summed E-state index contributed by atoms with van der Waals surface area (Å²) in [4.78, 5) is 0.00640. The molecule has 1 saturated heterocycles. The number of piperidine rings is 1. The van der Waals surface area contributed by atoms with Crippen LogP contribution < -0.4 is 5.32 Å². The van der Waals surface area contributed by atoms with Crippen LogP contribution in [0.25, 0.3) is 0 Å². The van der Waals surface area contributed by atoms with Crippen LogP contribution in [-0.2, 0) is 21.2 Å². The molecular formula is C17H25ClFNO3S. The standard InChI is InChI=1S/C17H24FNO3S.ClH/c1-23(20,21)15-3-2-13(17(18)9-15)10-22-11-14-8-16(14)12-4-6-19-7-5-12;/h2-3,9,12,14,16,19H,4-8,10-11H2,1H3;1H/t14-,16-;/m1./s1. The van der Waals surface area contributed by atoms with Gasteiger partial charge in [-0.05, 0) is 62.2 Å². The van der Waals surface area contributed by atoms with Gasteiger partial charge >= 0.3 is 0 Å². The van der Waals surface area contributed by atoms with Crippen LogP contribution in [0.4, 0.5) is 4.39 Å². The van der Waals surface area contributed by atoms with Crippen molar-refractivity contribution >= 4 is 22.2 Å². The normalized spacial score (nSPS) is 24.4. The number of nitrogens with one attached hydrogen (secondary N) is 1. The van der Waals surface area contributed by atoms with E-state index in [-0.39, 0.29) is 23.9 Å². The fraction of sp³-hybridized carbons (Fsp3) is 0.647. The monoisotopic (exact) mass is 377 g/mol. The maximum absolute atomic E-state index is 13.9. The van der Waals surface area contributed by atoms with E-state index in [4.69, 9.17) is 4.74 Å². The predicted molar refractivity (Wildman–Crippen MR) is 93.6 cm³/mol. The van der Waals surface area contributed by atoms with E-state index in [0.29, 0.717) is 18.1 Å². The molecule has 7 heteroatoms. The lowest BCUT2D eigenvalue weighted by atomic mass is 9.92. The van der Waals surface area contributed by atoms with E-state index in [0.717, 1.165) is 37.2 Å². The van der Waals surface area contributed by atoms with Crippen LogP contribution in [0, 0.1) is 23.6 Å². The molecule has 0 spiro atoms. The molecule has 24 heavy (non-hydrogen) atoms. The van der Waals surface area contributed by atoms with Gasteiger partial charge in [-0.25, -0.2) is 12.8 Å². The van der Waals surface area contributed by atoms with E-state index in [1.807, 2.05) is 0 Å². The Morgan fingerprint density at radius 3 is 2.62 bits per heavy atom. The van der Waals surface area contributed by atoms with E-state index in [9.17, 15) is 12.8 Å². The second-order valence-electron chi connectivity index (χ2n) is 6.79. The van der Waals surface area contributed by atoms with Crippen molar-refractivity contribution in [1.29, 1.82) is 0 Å². The van der Waals surface area contributed by atoms with Crippen LogP contribution in [0.5, 0.6) is 0 Å². The molecular weight excluding hydrogens is 353 g/mol. The molecule has 1 aliphatic carbocycles. The topological polar surface area (TPSA) is 55.4 Å². The molecule has 1 heterocycles. The molecule has 0 amide bonds. The fourth-order valence-electron chi connectivity index (χ4n) is 3.51. The number of benzene rings is 1. The average Bonchev–Trinajstić information content (AvgIpc) is 3.28. The largest absolute Gasteiger partial charge is 0.376 e. The predicted octanol–water partition coefficient (Wildman–Crippen LogP) is 2.80. The van der Waals surface area contributed by atoms with E-state index in [1.54, 1.807) is 0 Å². The molecule has 0 bridgehead atoms. The van der Waals surface area contributed by atoms with Gasteiger partial charge in [0.15, 0.2) is 9.84 Å². The van der Waals surface area contributed by atoms with Crippen molar-refractivity contribution in [3.8, 4) is 0 Å². The number of halogens is 2. The molecule has 2 fully saturated rings. The highest BCUT2D eigenvalue weighted by Gasteiger charge is 2.42. The Labute approximate surface area is 149 Å². The highest BCUT2D eigenvalue weighted by atomic mass is 35.5. The Morgan fingerprint density at radius 1 is 1.29 bits per heavy atom. The molecule has 1 saturated carbocycles. The summed E-state index contributed by atoms with van der Waals surface area (Å²) in [6.07, 6.45) is 4.80.